The molecule has 0 amide bonds. The number of rotatable bonds is 3. The van der Waals surface area contributed by atoms with Crippen molar-refractivity contribution in [2.24, 2.45) is 0 Å². The zero-order chi connectivity index (χ0) is 13.5. The average molecular weight is 258 g/mol. The second-order valence-corrected chi connectivity index (χ2v) is 5.40. The number of nitrogens with zero attached hydrogens (tertiary/aromatic N) is 1. The van der Waals surface area contributed by atoms with Crippen LogP contribution in [0.25, 0.3) is 11.3 Å². The summed E-state index contributed by atoms with van der Waals surface area (Å²) in [5.41, 5.74) is 4.28. The number of aromatic nitrogens is 2. The molecule has 0 saturated carbocycles. The Labute approximate surface area is 112 Å². The molecule has 0 radical (unpaired) electrons. The zero-order valence-corrected chi connectivity index (χ0v) is 11.2. The summed E-state index contributed by atoms with van der Waals surface area (Å²) >= 11 is 0. The highest BCUT2D eigenvalue weighted by atomic mass is 16.5. The molecule has 4 heteroatoms. The van der Waals surface area contributed by atoms with E-state index in [1.54, 1.807) is 0 Å². The van der Waals surface area contributed by atoms with E-state index in [-0.39, 0.29) is 12.0 Å². The molecule has 1 aromatic heterocycles. The van der Waals surface area contributed by atoms with Gasteiger partial charge in [0.25, 0.3) is 0 Å². The van der Waals surface area contributed by atoms with Crippen molar-refractivity contribution in [3.05, 3.63) is 41.3 Å². The van der Waals surface area contributed by atoms with E-state index in [1.807, 2.05) is 6.20 Å². The molecule has 0 atom stereocenters. The molecule has 1 fully saturated rings. The molecule has 1 aliphatic heterocycles. The summed E-state index contributed by atoms with van der Waals surface area (Å²) in [5.74, 6) is 0.816. The van der Waals surface area contributed by atoms with E-state index < -0.39 is 0 Å². The number of aliphatic hydroxyl groups excluding tert-OH is 1. The van der Waals surface area contributed by atoms with Gasteiger partial charge in [-0.15, -0.1) is 0 Å². The van der Waals surface area contributed by atoms with Crippen molar-refractivity contribution < 1.29 is 9.84 Å². The van der Waals surface area contributed by atoms with E-state index in [4.69, 9.17) is 4.74 Å². The topological polar surface area (TPSA) is 58.1 Å². The Morgan fingerprint density at radius 1 is 1.37 bits per heavy atom. The number of aromatic amines is 1. The molecule has 1 saturated heterocycles. The van der Waals surface area contributed by atoms with Gasteiger partial charge in [-0.1, -0.05) is 23.8 Å². The van der Waals surface area contributed by atoms with Crippen LogP contribution in [-0.2, 0) is 10.2 Å². The van der Waals surface area contributed by atoms with E-state index in [0.717, 1.165) is 17.1 Å². The van der Waals surface area contributed by atoms with Crippen LogP contribution in [-0.4, -0.2) is 34.9 Å². The number of nitrogens with one attached hydrogen (secondary N) is 1. The van der Waals surface area contributed by atoms with Crippen LogP contribution in [0.1, 0.15) is 17.0 Å². The van der Waals surface area contributed by atoms with Crippen molar-refractivity contribution in [3.63, 3.8) is 0 Å². The van der Waals surface area contributed by atoms with Crippen LogP contribution >= 0.6 is 0 Å². The summed E-state index contributed by atoms with van der Waals surface area (Å²) in [4.78, 5) is 7.76. The van der Waals surface area contributed by atoms with Gasteiger partial charge in [-0.3, -0.25) is 0 Å². The highest BCUT2D eigenvalue weighted by molar-refractivity contribution is 5.63. The van der Waals surface area contributed by atoms with Crippen LogP contribution in [0, 0.1) is 13.8 Å². The van der Waals surface area contributed by atoms with Crippen LogP contribution in [0.5, 0.6) is 0 Å². The van der Waals surface area contributed by atoms with Crippen LogP contribution in [0.3, 0.4) is 0 Å². The highest BCUT2D eigenvalue weighted by Gasteiger charge is 2.42. The third-order valence-corrected chi connectivity index (χ3v) is 3.81. The van der Waals surface area contributed by atoms with Gasteiger partial charge in [0.2, 0.25) is 0 Å². The maximum atomic E-state index is 9.52. The molecular weight excluding hydrogens is 240 g/mol. The molecule has 0 bridgehead atoms. The fraction of sp³-hybridized carbons (Fsp3) is 0.400. The van der Waals surface area contributed by atoms with Crippen molar-refractivity contribution >= 4 is 0 Å². The van der Waals surface area contributed by atoms with Gasteiger partial charge >= 0.3 is 0 Å². The first kappa shape index (κ1) is 12.4. The lowest BCUT2D eigenvalue weighted by Gasteiger charge is -2.37. The average Bonchev–Trinajstić information content (AvgIpc) is 2.78. The fourth-order valence-corrected chi connectivity index (χ4v) is 2.49. The molecule has 2 aromatic rings. The monoisotopic (exact) mass is 258 g/mol. The van der Waals surface area contributed by atoms with Gasteiger partial charge in [0.05, 0.1) is 37.1 Å². The number of aryl methyl sites for hydroxylation is 2. The minimum Gasteiger partial charge on any atom is -0.395 e. The van der Waals surface area contributed by atoms with E-state index in [9.17, 15) is 5.11 Å². The van der Waals surface area contributed by atoms with Crippen LogP contribution < -0.4 is 0 Å². The van der Waals surface area contributed by atoms with E-state index in [0.29, 0.717) is 13.2 Å². The van der Waals surface area contributed by atoms with Gasteiger partial charge in [0, 0.05) is 5.56 Å². The molecule has 2 heterocycles. The van der Waals surface area contributed by atoms with E-state index >= 15 is 0 Å². The Morgan fingerprint density at radius 2 is 2.16 bits per heavy atom. The molecule has 2 N–H and O–H groups in total. The predicted molar refractivity (Wildman–Crippen MR) is 73.1 cm³/mol. The van der Waals surface area contributed by atoms with Gasteiger partial charge in [-0.05, 0) is 19.4 Å². The second-order valence-electron chi connectivity index (χ2n) is 5.40. The molecule has 0 unspecified atom stereocenters. The number of ether oxygens (including phenoxy) is 1. The smallest absolute Gasteiger partial charge is 0.119 e. The molecule has 0 aliphatic carbocycles. The van der Waals surface area contributed by atoms with Crippen LogP contribution in [0.15, 0.2) is 24.4 Å². The first-order valence-corrected chi connectivity index (χ1v) is 6.46. The Bertz CT molecular complexity index is 594. The minimum absolute atomic E-state index is 0.0623. The summed E-state index contributed by atoms with van der Waals surface area (Å²) in [6.07, 6.45) is 1.84. The van der Waals surface area contributed by atoms with Crippen molar-refractivity contribution in [1.29, 1.82) is 0 Å². The largest absolute Gasteiger partial charge is 0.395 e. The Kier molecular flexibility index (Phi) is 2.92. The summed E-state index contributed by atoms with van der Waals surface area (Å²) in [7, 11) is 0. The van der Waals surface area contributed by atoms with Crippen molar-refractivity contribution in [2.45, 2.75) is 19.3 Å². The number of aliphatic hydroxyl groups is 1. The summed E-state index contributed by atoms with van der Waals surface area (Å²) < 4.78 is 5.22. The van der Waals surface area contributed by atoms with Gasteiger partial charge < -0.3 is 14.8 Å². The third kappa shape index (κ3) is 1.97. The van der Waals surface area contributed by atoms with Crippen LogP contribution in [0.2, 0.25) is 0 Å². The SMILES string of the molecule is Cc1ccc(-c2cnc(C3(CO)COC3)[nH]2)c(C)c1. The summed E-state index contributed by atoms with van der Waals surface area (Å²) in [6, 6.07) is 6.35. The maximum Gasteiger partial charge on any atom is 0.119 e. The van der Waals surface area contributed by atoms with Gasteiger partial charge in [0.1, 0.15) is 5.82 Å². The molecule has 4 nitrogen and oxygen atoms in total. The van der Waals surface area contributed by atoms with Crippen molar-refractivity contribution in [1.82, 2.24) is 9.97 Å². The molecule has 1 aromatic carbocycles. The van der Waals surface area contributed by atoms with Gasteiger partial charge in [-0.25, -0.2) is 4.98 Å². The Balaban J connectivity index is 1.97. The molecule has 19 heavy (non-hydrogen) atoms. The molecule has 100 valence electrons. The Morgan fingerprint density at radius 3 is 2.74 bits per heavy atom. The second kappa shape index (κ2) is 4.47. The maximum absolute atomic E-state index is 9.52. The molecule has 1 aliphatic rings. The van der Waals surface area contributed by atoms with Crippen LogP contribution in [0.4, 0.5) is 0 Å². The number of hydrogen-bond donors (Lipinski definition) is 2. The lowest BCUT2D eigenvalue weighted by atomic mass is 9.86. The standard InChI is InChI=1S/C15H18N2O2/c1-10-3-4-12(11(2)5-10)13-6-16-14(17-13)15(7-18)8-19-9-15/h3-6,18H,7-9H2,1-2H3,(H,16,17). The van der Waals surface area contributed by atoms with Crippen molar-refractivity contribution in [3.8, 4) is 11.3 Å². The number of H-pyrrole nitrogens is 1. The zero-order valence-electron chi connectivity index (χ0n) is 11.2. The van der Waals surface area contributed by atoms with E-state index in [2.05, 4.69) is 42.0 Å². The van der Waals surface area contributed by atoms with Crippen molar-refractivity contribution in [2.75, 3.05) is 19.8 Å². The highest BCUT2D eigenvalue weighted by Crippen LogP contribution is 2.32. The number of hydrogen-bond acceptors (Lipinski definition) is 3. The quantitative estimate of drug-likeness (QED) is 0.884. The van der Waals surface area contributed by atoms with Gasteiger partial charge in [-0.2, -0.15) is 0 Å². The first-order valence-electron chi connectivity index (χ1n) is 6.46. The normalized spacial score (nSPS) is 17.2. The third-order valence-electron chi connectivity index (χ3n) is 3.81. The predicted octanol–water partition coefficient (Wildman–Crippen LogP) is 1.95. The summed E-state index contributed by atoms with van der Waals surface area (Å²) in [5, 5.41) is 9.52. The Hall–Kier alpha value is -1.65. The first-order chi connectivity index (χ1) is 9.14. The van der Waals surface area contributed by atoms with Gasteiger partial charge in [0.15, 0.2) is 0 Å². The fourth-order valence-electron chi connectivity index (χ4n) is 2.49. The molecule has 0 spiro atoms. The number of benzene rings is 1. The minimum atomic E-state index is -0.336. The number of imidazole rings is 1. The summed E-state index contributed by atoms with van der Waals surface area (Å²) in [6.45, 7) is 5.30. The molecular formula is C15H18N2O2. The molecule has 3 rings (SSSR count). The lowest BCUT2D eigenvalue weighted by Crippen LogP contribution is -2.50. The van der Waals surface area contributed by atoms with E-state index in [1.165, 1.54) is 11.1 Å². The lowest BCUT2D eigenvalue weighted by molar-refractivity contribution is -0.0880.